The molecular formula is C27H33N7O3. The molecule has 37 heavy (non-hydrogen) atoms. The van der Waals surface area contributed by atoms with Crippen molar-refractivity contribution in [2.75, 3.05) is 55.4 Å². The minimum absolute atomic E-state index is 0.254. The molecule has 0 saturated carbocycles. The maximum atomic E-state index is 13.2. The summed E-state index contributed by atoms with van der Waals surface area (Å²) in [6.07, 6.45) is 4.58. The Morgan fingerprint density at radius 1 is 1.03 bits per heavy atom. The number of pyridine rings is 1. The molecule has 1 aliphatic heterocycles. The van der Waals surface area contributed by atoms with Crippen LogP contribution in [0.1, 0.15) is 31.3 Å². The van der Waals surface area contributed by atoms with Crippen LogP contribution >= 0.6 is 0 Å². The van der Waals surface area contributed by atoms with E-state index in [4.69, 9.17) is 4.74 Å². The summed E-state index contributed by atoms with van der Waals surface area (Å²) in [4.78, 5) is 44.5. The molecule has 10 heteroatoms. The molecule has 0 atom stereocenters. The molecular weight excluding hydrogens is 470 g/mol. The molecule has 0 radical (unpaired) electrons. The van der Waals surface area contributed by atoms with Gasteiger partial charge >= 0.3 is 6.09 Å². The molecule has 0 bridgehead atoms. The van der Waals surface area contributed by atoms with Crippen LogP contribution in [0.2, 0.25) is 0 Å². The number of carbonyl (C=O) groups excluding carboxylic acids is 2. The maximum absolute atomic E-state index is 13.2. The van der Waals surface area contributed by atoms with Crippen molar-refractivity contribution < 1.29 is 14.3 Å². The molecule has 0 aliphatic carbocycles. The number of benzene rings is 1. The minimum Gasteiger partial charge on any atom is -0.444 e. The molecule has 2 aromatic heterocycles. The number of nitrogens with zero attached hydrogens (tertiary/aromatic N) is 6. The largest absolute Gasteiger partial charge is 0.444 e. The van der Waals surface area contributed by atoms with Crippen molar-refractivity contribution in [1.82, 2.24) is 19.9 Å². The zero-order valence-corrected chi connectivity index (χ0v) is 21.9. The van der Waals surface area contributed by atoms with E-state index in [1.165, 1.54) is 0 Å². The van der Waals surface area contributed by atoms with E-state index in [0.29, 0.717) is 37.7 Å². The van der Waals surface area contributed by atoms with Gasteiger partial charge in [-0.3, -0.25) is 9.78 Å². The Kier molecular flexibility index (Phi) is 7.56. The van der Waals surface area contributed by atoms with E-state index >= 15 is 0 Å². The standard InChI is InChI=1S/C27H33N7O3/c1-27(2,3)37-26(36)34-15-13-33(14-16-34)23-10-11-28-18-22(23)31-25(35)21-9-12-29-24(30-21)19-7-6-8-20(17-19)32(4)5/h6-12,17-18H,13-16H2,1-5H3,(H,31,35). The number of piperazine rings is 1. The van der Waals surface area contributed by atoms with E-state index in [1.807, 2.05) is 70.1 Å². The Bertz CT molecular complexity index is 1260. The lowest BCUT2D eigenvalue weighted by Crippen LogP contribution is -2.50. The SMILES string of the molecule is CN(C)c1cccc(-c2nccc(C(=O)Nc3cnccc3N3CCN(C(=O)OC(C)(C)C)CC3)n2)c1. The quantitative estimate of drug-likeness (QED) is 0.559. The lowest BCUT2D eigenvalue weighted by Gasteiger charge is -2.37. The van der Waals surface area contributed by atoms with Gasteiger partial charge in [-0.05, 0) is 45.0 Å². The second kappa shape index (κ2) is 10.8. The number of amides is 2. The molecule has 1 N–H and O–H groups in total. The zero-order valence-electron chi connectivity index (χ0n) is 21.9. The number of ether oxygens (including phenoxy) is 1. The highest BCUT2D eigenvalue weighted by Crippen LogP contribution is 2.27. The highest BCUT2D eigenvalue weighted by atomic mass is 16.6. The van der Waals surface area contributed by atoms with Crippen LogP contribution in [0.15, 0.2) is 55.0 Å². The van der Waals surface area contributed by atoms with E-state index in [1.54, 1.807) is 29.6 Å². The van der Waals surface area contributed by atoms with Crippen molar-refractivity contribution in [1.29, 1.82) is 0 Å². The zero-order chi connectivity index (χ0) is 26.6. The first kappa shape index (κ1) is 25.9. The van der Waals surface area contributed by atoms with Crippen molar-refractivity contribution in [2.24, 2.45) is 0 Å². The molecule has 0 spiro atoms. The smallest absolute Gasteiger partial charge is 0.410 e. The van der Waals surface area contributed by atoms with Crippen molar-refractivity contribution in [3.05, 3.63) is 60.7 Å². The first-order valence-electron chi connectivity index (χ1n) is 12.2. The number of nitrogens with one attached hydrogen (secondary N) is 1. The highest BCUT2D eigenvalue weighted by Gasteiger charge is 2.27. The Labute approximate surface area is 217 Å². The molecule has 4 rings (SSSR count). The van der Waals surface area contributed by atoms with Crippen LogP contribution in [0.4, 0.5) is 21.9 Å². The Morgan fingerprint density at radius 3 is 2.49 bits per heavy atom. The maximum Gasteiger partial charge on any atom is 0.410 e. The summed E-state index contributed by atoms with van der Waals surface area (Å²) >= 11 is 0. The summed E-state index contributed by atoms with van der Waals surface area (Å²) in [5, 5.41) is 2.95. The fourth-order valence-corrected chi connectivity index (χ4v) is 3.95. The fourth-order valence-electron chi connectivity index (χ4n) is 3.95. The van der Waals surface area contributed by atoms with Gasteiger partial charge in [0.1, 0.15) is 11.3 Å². The lowest BCUT2D eigenvalue weighted by atomic mass is 10.1. The second-order valence-corrected chi connectivity index (χ2v) is 10.0. The molecule has 1 aliphatic rings. The third-order valence-electron chi connectivity index (χ3n) is 5.83. The number of hydrogen-bond donors (Lipinski definition) is 1. The number of aromatic nitrogens is 3. The predicted molar refractivity (Wildman–Crippen MR) is 144 cm³/mol. The third kappa shape index (κ3) is 6.52. The van der Waals surface area contributed by atoms with Crippen LogP contribution in [0.3, 0.4) is 0 Å². The molecule has 10 nitrogen and oxygen atoms in total. The van der Waals surface area contributed by atoms with E-state index in [9.17, 15) is 9.59 Å². The van der Waals surface area contributed by atoms with E-state index in [2.05, 4.69) is 25.2 Å². The third-order valence-corrected chi connectivity index (χ3v) is 5.83. The van der Waals surface area contributed by atoms with Gasteiger partial charge < -0.3 is 24.8 Å². The summed E-state index contributed by atoms with van der Waals surface area (Å²) < 4.78 is 5.49. The van der Waals surface area contributed by atoms with Gasteiger partial charge in [0.05, 0.1) is 17.6 Å². The molecule has 1 aromatic carbocycles. The normalized spacial score (nSPS) is 13.8. The van der Waals surface area contributed by atoms with Gasteiger partial charge in [0, 0.05) is 63.9 Å². The summed E-state index contributed by atoms with van der Waals surface area (Å²) in [5.41, 5.74) is 2.97. The average Bonchev–Trinajstić information content (AvgIpc) is 2.88. The van der Waals surface area contributed by atoms with Gasteiger partial charge in [-0.2, -0.15) is 0 Å². The summed E-state index contributed by atoms with van der Waals surface area (Å²) in [5.74, 6) is 0.120. The first-order chi connectivity index (χ1) is 17.6. The molecule has 1 saturated heterocycles. The van der Waals surface area contributed by atoms with Gasteiger partial charge in [-0.15, -0.1) is 0 Å². The summed E-state index contributed by atoms with van der Waals surface area (Å²) in [6.45, 7) is 7.81. The van der Waals surface area contributed by atoms with Crippen LogP contribution in [-0.2, 0) is 4.74 Å². The van der Waals surface area contributed by atoms with Crippen LogP contribution in [0.25, 0.3) is 11.4 Å². The van der Waals surface area contributed by atoms with Crippen molar-refractivity contribution in [3.63, 3.8) is 0 Å². The second-order valence-electron chi connectivity index (χ2n) is 10.0. The van der Waals surface area contributed by atoms with E-state index < -0.39 is 5.60 Å². The van der Waals surface area contributed by atoms with Crippen LogP contribution < -0.4 is 15.1 Å². The number of anilines is 3. The molecule has 194 valence electrons. The Morgan fingerprint density at radius 2 is 1.78 bits per heavy atom. The first-order valence-corrected chi connectivity index (χ1v) is 12.2. The lowest BCUT2D eigenvalue weighted by molar-refractivity contribution is 0.0240. The topological polar surface area (TPSA) is 104 Å². The van der Waals surface area contributed by atoms with Gasteiger partial charge in [0.2, 0.25) is 0 Å². The predicted octanol–water partition coefficient (Wildman–Crippen LogP) is 3.91. The number of rotatable bonds is 5. The van der Waals surface area contributed by atoms with Crippen molar-refractivity contribution in [2.45, 2.75) is 26.4 Å². The van der Waals surface area contributed by atoms with Gasteiger partial charge in [0.25, 0.3) is 5.91 Å². The summed E-state index contributed by atoms with van der Waals surface area (Å²) in [6, 6.07) is 11.3. The van der Waals surface area contributed by atoms with Crippen LogP contribution in [0, 0.1) is 0 Å². The van der Waals surface area contributed by atoms with E-state index in [-0.39, 0.29) is 17.7 Å². The van der Waals surface area contributed by atoms with Gasteiger partial charge in [-0.25, -0.2) is 14.8 Å². The number of hydrogen-bond acceptors (Lipinski definition) is 8. The van der Waals surface area contributed by atoms with E-state index in [0.717, 1.165) is 16.9 Å². The van der Waals surface area contributed by atoms with Crippen LogP contribution in [-0.4, -0.2) is 77.7 Å². The Balaban J connectivity index is 1.46. The molecule has 3 aromatic rings. The summed E-state index contributed by atoms with van der Waals surface area (Å²) in [7, 11) is 3.93. The molecule has 1 fully saturated rings. The Hall–Kier alpha value is -4.21. The number of carbonyl (C=O) groups is 2. The minimum atomic E-state index is -0.535. The van der Waals surface area contributed by atoms with Gasteiger partial charge in [0.15, 0.2) is 5.82 Å². The van der Waals surface area contributed by atoms with Gasteiger partial charge in [-0.1, -0.05) is 12.1 Å². The monoisotopic (exact) mass is 503 g/mol. The molecule has 3 heterocycles. The van der Waals surface area contributed by atoms with Crippen LogP contribution in [0.5, 0.6) is 0 Å². The van der Waals surface area contributed by atoms with Crippen molar-refractivity contribution >= 4 is 29.1 Å². The average molecular weight is 504 g/mol. The highest BCUT2D eigenvalue weighted by molar-refractivity contribution is 6.04. The molecule has 2 amide bonds. The van der Waals surface area contributed by atoms with Crippen molar-refractivity contribution in [3.8, 4) is 11.4 Å². The molecule has 0 unspecified atom stereocenters. The fraction of sp³-hybridized carbons (Fsp3) is 0.370.